The van der Waals surface area contributed by atoms with Crippen LogP contribution in [-0.4, -0.2) is 31.2 Å². The van der Waals surface area contributed by atoms with Gasteiger partial charge in [-0.05, 0) is 48.6 Å². The number of nitrogens with zero attached hydrogens (tertiary/aromatic N) is 1. The lowest BCUT2D eigenvalue weighted by Crippen LogP contribution is -2.45. The molecule has 6 heteroatoms. The third-order valence-corrected chi connectivity index (χ3v) is 7.17. The molecule has 0 radical (unpaired) electrons. The Labute approximate surface area is 167 Å². The van der Waals surface area contributed by atoms with E-state index in [0.29, 0.717) is 18.9 Å². The van der Waals surface area contributed by atoms with Crippen molar-refractivity contribution in [3.05, 3.63) is 60.2 Å². The standard InChI is InChI=1S/C22H28N2O3S/c1-17(2)18-11-13-19(14-12-18)23-22(25)16-20-8-6-7-15-24(20)28(26,27)21-9-4-3-5-10-21/h3-5,9-14,17,20H,6-8,15-16H2,1-2H3,(H,23,25)/t20-/m0/s1. The van der Waals surface area contributed by atoms with Crippen LogP contribution in [0.25, 0.3) is 0 Å². The molecule has 0 bridgehead atoms. The molecule has 2 aromatic carbocycles. The number of anilines is 1. The summed E-state index contributed by atoms with van der Waals surface area (Å²) in [5.74, 6) is 0.279. The molecule has 1 atom stereocenters. The minimum absolute atomic E-state index is 0.155. The SMILES string of the molecule is CC(C)c1ccc(NC(=O)C[C@@H]2CCCCN2S(=O)(=O)c2ccccc2)cc1. The van der Waals surface area contributed by atoms with Crippen LogP contribution < -0.4 is 5.32 Å². The highest BCUT2D eigenvalue weighted by Gasteiger charge is 2.34. The quantitative estimate of drug-likeness (QED) is 0.782. The van der Waals surface area contributed by atoms with Crippen LogP contribution in [0, 0.1) is 0 Å². The molecule has 3 rings (SSSR count). The van der Waals surface area contributed by atoms with Crippen LogP contribution in [0.3, 0.4) is 0 Å². The molecule has 1 aliphatic heterocycles. The van der Waals surface area contributed by atoms with Gasteiger partial charge in [-0.1, -0.05) is 50.6 Å². The fourth-order valence-corrected chi connectivity index (χ4v) is 5.31. The molecule has 2 aromatic rings. The Morgan fingerprint density at radius 1 is 1.07 bits per heavy atom. The van der Waals surface area contributed by atoms with Crippen molar-refractivity contribution in [1.29, 1.82) is 0 Å². The molecule has 1 fully saturated rings. The van der Waals surface area contributed by atoms with E-state index < -0.39 is 10.0 Å². The largest absolute Gasteiger partial charge is 0.326 e. The second-order valence-corrected chi connectivity index (χ2v) is 9.50. The third-order valence-electron chi connectivity index (χ3n) is 5.21. The number of sulfonamides is 1. The molecule has 150 valence electrons. The normalized spacial score (nSPS) is 18.2. The Morgan fingerprint density at radius 2 is 1.75 bits per heavy atom. The van der Waals surface area contributed by atoms with Gasteiger partial charge in [-0.25, -0.2) is 8.42 Å². The van der Waals surface area contributed by atoms with Crippen LogP contribution in [0.1, 0.15) is 51.0 Å². The lowest BCUT2D eigenvalue weighted by molar-refractivity contribution is -0.117. The van der Waals surface area contributed by atoms with Gasteiger partial charge in [-0.2, -0.15) is 4.31 Å². The van der Waals surface area contributed by atoms with Crippen molar-refractivity contribution in [3.8, 4) is 0 Å². The van der Waals surface area contributed by atoms with E-state index in [9.17, 15) is 13.2 Å². The molecule has 0 aliphatic carbocycles. The lowest BCUT2D eigenvalue weighted by Gasteiger charge is -2.34. The summed E-state index contributed by atoms with van der Waals surface area (Å²) in [4.78, 5) is 12.9. The van der Waals surface area contributed by atoms with Crippen LogP contribution in [0.2, 0.25) is 0 Å². The number of hydrogen-bond donors (Lipinski definition) is 1. The number of amides is 1. The number of benzene rings is 2. The van der Waals surface area contributed by atoms with Gasteiger partial charge in [-0.3, -0.25) is 4.79 Å². The average Bonchev–Trinajstić information content (AvgIpc) is 2.69. The Kier molecular flexibility index (Phi) is 6.52. The maximum absolute atomic E-state index is 13.0. The zero-order valence-electron chi connectivity index (χ0n) is 16.5. The van der Waals surface area contributed by atoms with Crippen molar-refractivity contribution in [2.24, 2.45) is 0 Å². The summed E-state index contributed by atoms with van der Waals surface area (Å²) in [6.45, 7) is 4.70. The van der Waals surface area contributed by atoms with E-state index in [-0.39, 0.29) is 23.3 Å². The van der Waals surface area contributed by atoms with E-state index in [1.54, 1.807) is 30.3 Å². The number of hydrogen-bond acceptors (Lipinski definition) is 3. The first-order valence-electron chi connectivity index (χ1n) is 9.84. The molecule has 1 saturated heterocycles. The van der Waals surface area contributed by atoms with E-state index >= 15 is 0 Å². The lowest BCUT2D eigenvalue weighted by atomic mass is 10.0. The fourth-order valence-electron chi connectivity index (χ4n) is 3.60. The van der Waals surface area contributed by atoms with E-state index in [1.807, 2.05) is 24.3 Å². The summed E-state index contributed by atoms with van der Waals surface area (Å²) in [6.07, 6.45) is 2.62. The van der Waals surface area contributed by atoms with Gasteiger partial charge in [0, 0.05) is 24.7 Å². The minimum Gasteiger partial charge on any atom is -0.326 e. The van der Waals surface area contributed by atoms with Gasteiger partial charge in [0.15, 0.2) is 0 Å². The summed E-state index contributed by atoms with van der Waals surface area (Å²) >= 11 is 0. The molecule has 0 saturated carbocycles. The van der Waals surface area contributed by atoms with Gasteiger partial charge >= 0.3 is 0 Å². The summed E-state index contributed by atoms with van der Waals surface area (Å²) in [6, 6.07) is 16.0. The van der Waals surface area contributed by atoms with Gasteiger partial charge in [0.05, 0.1) is 4.90 Å². The van der Waals surface area contributed by atoms with E-state index in [4.69, 9.17) is 0 Å². The smallest absolute Gasteiger partial charge is 0.243 e. The Bertz CT molecular complexity index is 893. The van der Waals surface area contributed by atoms with Crippen LogP contribution in [-0.2, 0) is 14.8 Å². The van der Waals surface area contributed by atoms with Crippen LogP contribution >= 0.6 is 0 Å². The summed E-state index contributed by atoms with van der Waals surface area (Å²) in [5.41, 5.74) is 1.95. The van der Waals surface area contributed by atoms with Gasteiger partial charge in [0.2, 0.25) is 15.9 Å². The Balaban J connectivity index is 1.69. The number of rotatable bonds is 6. The molecule has 1 N–H and O–H groups in total. The molecule has 5 nitrogen and oxygen atoms in total. The first-order valence-corrected chi connectivity index (χ1v) is 11.3. The van der Waals surface area contributed by atoms with E-state index in [0.717, 1.165) is 18.5 Å². The maximum atomic E-state index is 13.0. The topological polar surface area (TPSA) is 66.5 Å². The highest BCUT2D eigenvalue weighted by Crippen LogP contribution is 2.27. The molecule has 1 heterocycles. The summed E-state index contributed by atoms with van der Waals surface area (Å²) in [7, 11) is -3.59. The van der Waals surface area contributed by atoms with Crippen molar-refractivity contribution in [3.63, 3.8) is 0 Å². The molecular formula is C22H28N2O3S. The molecule has 1 amide bonds. The highest BCUT2D eigenvalue weighted by atomic mass is 32.2. The van der Waals surface area contributed by atoms with Crippen molar-refractivity contribution in [2.75, 3.05) is 11.9 Å². The predicted octanol–water partition coefficient (Wildman–Crippen LogP) is 4.38. The van der Waals surface area contributed by atoms with Gasteiger partial charge < -0.3 is 5.32 Å². The number of carbonyl (C=O) groups is 1. The Hall–Kier alpha value is -2.18. The predicted molar refractivity (Wildman–Crippen MR) is 112 cm³/mol. The fraction of sp³-hybridized carbons (Fsp3) is 0.409. The molecule has 0 unspecified atom stereocenters. The second kappa shape index (κ2) is 8.88. The zero-order chi connectivity index (χ0) is 20.1. The van der Waals surface area contributed by atoms with E-state index in [2.05, 4.69) is 19.2 Å². The minimum atomic E-state index is -3.59. The molecule has 1 aliphatic rings. The summed E-state index contributed by atoms with van der Waals surface area (Å²) < 4.78 is 27.6. The summed E-state index contributed by atoms with van der Waals surface area (Å²) in [5, 5.41) is 2.91. The van der Waals surface area contributed by atoms with Crippen molar-refractivity contribution in [1.82, 2.24) is 4.31 Å². The third kappa shape index (κ3) is 4.80. The zero-order valence-corrected chi connectivity index (χ0v) is 17.3. The molecular weight excluding hydrogens is 372 g/mol. The van der Waals surface area contributed by atoms with Crippen LogP contribution in [0.5, 0.6) is 0 Å². The van der Waals surface area contributed by atoms with Crippen molar-refractivity contribution >= 4 is 21.6 Å². The van der Waals surface area contributed by atoms with E-state index in [1.165, 1.54) is 9.87 Å². The average molecular weight is 401 g/mol. The highest BCUT2D eigenvalue weighted by molar-refractivity contribution is 7.89. The molecule has 28 heavy (non-hydrogen) atoms. The second-order valence-electron chi connectivity index (χ2n) is 7.61. The van der Waals surface area contributed by atoms with Gasteiger partial charge in [0.25, 0.3) is 0 Å². The first-order chi connectivity index (χ1) is 13.4. The first kappa shape index (κ1) is 20.6. The van der Waals surface area contributed by atoms with Crippen LogP contribution in [0.15, 0.2) is 59.5 Å². The van der Waals surface area contributed by atoms with Crippen molar-refractivity contribution < 1.29 is 13.2 Å². The maximum Gasteiger partial charge on any atom is 0.243 e. The van der Waals surface area contributed by atoms with Gasteiger partial charge in [-0.15, -0.1) is 0 Å². The molecule has 0 spiro atoms. The number of carbonyl (C=O) groups excluding carboxylic acids is 1. The molecule has 0 aromatic heterocycles. The van der Waals surface area contributed by atoms with Crippen LogP contribution in [0.4, 0.5) is 5.69 Å². The Morgan fingerprint density at radius 3 is 2.39 bits per heavy atom. The monoisotopic (exact) mass is 400 g/mol. The van der Waals surface area contributed by atoms with Crippen molar-refractivity contribution in [2.45, 2.75) is 56.4 Å². The number of piperidine rings is 1. The van der Waals surface area contributed by atoms with Gasteiger partial charge in [0.1, 0.15) is 0 Å². The number of nitrogens with one attached hydrogen (secondary N) is 1.